The molecule has 4 N–H and O–H groups in total. The van der Waals surface area contributed by atoms with Gasteiger partial charge in [-0.2, -0.15) is 0 Å². The van der Waals surface area contributed by atoms with Crippen molar-refractivity contribution in [1.82, 2.24) is 5.32 Å². The molecule has 114 valence electrons. The Bertz CT molecular complexity index is 578. The van der Waals surface area contributed by atoms with Crippen LogP contribution in [0.4, 0.5) is 5.69 Å². The average molecular weight is 423 g/mol. The normalized spacial score (nSPS) is 9.90. The molecule has 0 heterocycles. The Balaban J connectivity index is 2.94. The molecular weight excluding hydrogens is 410 g/mol. The largest absolute Gasteiger partial charge is 0.465 e. The van der Waals surface area contributed by atoms with Crippen LogP contribution in [0, 0.1) is 0 Å². The van der Waals surface area contributed by atoms with Crippen LogP contribution >= 0.6 is 31.9 Å². The predicted molar refractivity (Wildman–Crippen MR) is 83.9 cm³/mol. The number of benzene rings is 1. The van der Waals surface area contributed by atoms with Gasteiger partial charge in [0.2, 0.25) is 11.8 Å². The van der Waals surface area contributed by atoms with E-state index in [9.17, 15) is 14.4 Å². The smallest absolute Gasteiger partial charge is 0.340 e. The second-order valence-corrected chi connectivity index (χ2v) is 5.60. The van der Waals surface area contributed by atoms with Crippen LogP contribution in [0.25, 0.3) is 0 Å². The van der Waals surface area contributed by atoms with Crippen LogP contribution in [0.5, 0.6) is 0 Å². The number of amides is 2. The first kappa shape index (κ1) is 17.6. The number of rotatable bonds is 5. The molecule has 1 rings (SSSR count). The molecule has 1 aromatic rings. The molecule has 0 radical (unpaired) electrons. The molecule has 0 unspecified atom stereocenters. The minimum Gasteiger partial charge on any atom is -0.465 e. The van der Waals surface area contributed by atoms with Crippen molar-refractivity contribution in [3.05, 3.63) is 26.6 Å². The number of esters is 1. The fraction of sp³-hybridized carbons (Fsp3) is 0.250. The summed E-state index contributed by atoms with van der Waals surface area (Å²) in [6, 6.07) is 3.19. The second-order valence-electron chi connectivity index (χ2n) is 3.83. The number of carbonyl (C=O) groups excluding carboxylic acids is 3. The van der Waals surface area contributed by atoms with Crippen molar-refractivity contribution in [2.45, 2.75) is 0 Å². The molecule has 0 saturated carbocycles. The Labute approximate surface area is 137 Å². The fourth-order valence-corrected chi connectivity index (χ4v) is 2.73. The third-order valence-corrected chi connectivity index (χ3v) is 3.44. The molecule has 0 saturated heterocycles. The van der Waals surface area contributed by atoms with Crippen molar-refractivity contribution in [1.29, 1.82) is 0 Å². The summed E-state index contributed by atoms with van der Waals surface area (Å²) in [6.07, 6.45) is 0. The summed E-state index contributed by atoms with van der Waals surface area (Å²) in [5, 5.41) is 4.87. The summed E-state index contributed by atoms with van der Waals surface area (Å²) in [5.74, 6) is -1.54. The highest BCUT2D eigenvalue weighted by molar-refractivity contribution is 9.11. The molecule has 0 spiro atoms. The van der Waals surface area contributed by atoms with Gasteiger partial charge < -0.3 is 21.1 Å². The summed E-state index contributed by atoms with van der Waals surface area (Å²) in [6.45, 7) is -0.457. The third-order valence-electron chi connectivity index (χ3n) is 2.36. The molecule has 0 aliphatic carbocycles. The van der Waals surface area contributed by atoms with Gasteiger partial charge in [0.1, 0.15) is 0 Å². The molecule has 0 fully saturated rings. The molecule has 1 aromatic carbocycles. The van der Waals surface area contributed by atoms with E-state index in [2.05, 4.69) is 47.2 Å². The van der Waals surface area contributed by atoms with E-state index >= 15 is 0 Å². The van der Waals surface area contributed by atoms with Crippen molar-refractivity contribution < 1.29 is 19.1 Å². The maximum atomic E-state index is 11.8. The fourth-order valence-electron chi connectivity index (χ4n) is 1.41. The molecule has 21 heavy (non-hydrogen) atoms. The Kier molecular flexibility index (Phi) is 6.79. The first-order valence-electron chi connectivity index (χ1n) is 5.73. The van der Waals surface area contributed by atoms with Gasteiger partial charge >= 0.3 is 5.97 Å². The number of hydrogen-bond acceptors (Lipinski definition) is 5. The van der Waals surface area contributed by atoms with Gasteiger partial charge in [-0.25, -0.2) is 4.79 Å². The predicted octanol–water partition coefficient (Wildman–Crippen LogP) is 1.01. The lowest BCUT2D eigenvalue weighted by Gasteiger charge is -2.13. The molecule has 0 atom stereocenters. The second kappa shape index (κ2) is 8.11. The number of methoxy groups -OCH3 is 1. The monoisotopic (exact) mass is 421 g/mol. The van der Waals surface area contributed by atoms with Gasteiger partial charge in [0, 0.05) is 8.95 Å². The molecule has 2 amide bonds. The SMILES string of the molecule is COC(=O)c1cc(Br)cc(Br)c1NC(=O)CNC(=O)CN. The van der Waals surface area contributed by atoms with Gasteiger partial charge in [-0.15, -0.1) is 0 Å². The van der Waals surface area contributed by atoms with Crippen LogP contribution in [-0.4, -0.2) is 38.0 Å². The first-order chi connectivity index (χ1) is 9.88. The molecule has 0 aliphatic rings. The highest BCUT2D eigenvalue weighted by Crippen LogP contribution is 2.31. The van der Waals surface area contributed by atoms with E-state index < -0.39 is 17.8 Å². The standard InChI is InChI=1S/C12H13Br2N3O4/c1-21-12(20)7-2-6(13)3-8(14)11(7)17-10(19)5-16-9(18)4-15/h2-3H,4-5,15H2,1H3,(H,16,18)(H,17,19). The van der Waals surface area contributed by atoms with Crippen molar-refractivity contribution in [3.8, 4) is 0 Å². The lowest BCUT2D eigenvalue weighted by Crippen LogP contribution is -2.36. The number of nitrogens with two attached hydrogens (primary N) is 1. The van der Waals surface area contributed by atoms with E-state index in [0.29, 0.717) is 8.95 Å². The summed E-state index contributed by atoms with van der Waals surface area (Å²) in [5.41, 5.74) is 5.55. The summed E-state index contributed by atoms with van der Waals surface area (Å²) in [4.78, 5) is 34.5. The van der Waals surface area contributed by atoms with Crippen LogP contribution in [0.3, 0.4) is 0 Å². The van der Waals surface area contributed by atoms with E-state index in [0.717, 1.165) is 0 Å². The van der Waals surface area contributed by atoms with Gasteiger partial charge in [0.15, 0.2) is 0 Å². The van der Waals surface area contributed by atoms with E-state index in [1.165, 1.54) is 13.2 Å². The van der Waals surface area contributed by atoms with Crippen LogP contribution < -0.4 is 16.4 Å². The van der Waals surface area contributed by atoms with E-state index in [1.54, 1.807) is 6.07 Å². The zero-order chi connectivity index (χ0) is 16.0. The average Bonchev–Trinajstić information content (AvgIpc) is 2.46. The summed E-state index contributed by atoms with van der Waals surface area (Å²) in [7, 11) is 1.24. The minimum atomic E-state index is -0.599. The first-order valence-corrected chi connectivity index (χ1v) is 7.31. The number of halogens is 2. The minimum absolute atomic E-state index is 0.178. The highest BCUT2D eigenvalue weighted by atomic mass is 79.9. The van der Waals surface area contributed by atoms with E-state index in [4.69, 9.17) is 5.73 Å². The molecule has 7 nitrogen and oxygen atoms in total. The topological polar surface area (TPSA) is 111 Å². The Morgan fingerprint density at radius 1 is 1.24 bits per heavy atom. The quantitative estimate of drug-likeness (QED) is 0.613. The molecule has 9 heteroatoms. The number of hydrogen-bond donors (Lipinski definition) is 3. The van der Waals surface area contributed by atoms with E-state index in [-0.39, 0.29) is 24.3 Å². The van der Waals surface area contributed by atoms with Crippen molar-refractivity contribution in [3.63, 3.8) is 0 Å². The number of ether oxygens (including phenoxy) is 1. The van der Waals surface area contributed by atoms with Crippen LogP contribution in [-0.2, 0) is 14.3 Å². The number of carbonyl (C=O) groups is 3. The lowest BCUT2D eigenvalue weighted by atomic mass is 10.2. The number of nitrogens with one attached hydrogen (secondary N) is 2. The Morgan fingerprint density at radius 3 is 2.48 bits per heavy atom. The molecule has 0 aromatic heterocycles. The maximum absolute atomic E-state index is 11.8. The maximum Gasteiger partial charge on any atom is 0.340 e. The van der Waals surface area contributed by atoms with Gasteiger partial charge in [-0.1, -0.05) is 15.9 Å². The zero-order valence-electron chi connectivity index (χ0n) is 11.0. The third kappa shape index (κ3) is 5.10. The van der Waals surface area contributed by atoms with Crippen LogP contribution in [0.1, 0.15) is 10.4 Å². The van der Waals surface area contributed by atoms with Gasteiger partial charge in [0.25, 0.3) is 0 Å². The highest BCUT2D eigenvalue weighted by Gasteiger charge is 2.18. The van der Waals surface area contributed by atoms with Gasteiger partial charge in [0.05, 0.1) is 31.5 Å². The van der Waals surface area contributed by atoms with Crippen molar-refractivity contribution in [2.75, 3.05) is 25.5 Å². The van der Waals surface area contributed by atoms with E-state index in [1.807, 2.05) is 0 Å². The Morgan fingerprint density at radius 2 is 1.90 bits per heavy atom. The molecular formula is C12H13Br2N3O4. The van der Waals surface area contributed by atoms with Gasteiger partial charge in [-0.3, -0.25) is 9.59 Å². The Hall–Kier alpha value is -1.45. The van der Waals surface area contributed by atoms with Crippen LogP contribution in [0.15, 0.2) is 21.1 Å². The zero-order valence-corrected chi connectivity index (χ0v) is 14.2. The number of anilines is 1. The summed E-state index contributed by atoms with van der Waals surface area (Å²) < 4.78 is 5.80. The van der Waals surface area contributed by atoms with Gasteiger partial charge in [-0.05, 0) is 28.1 Å². The summed E-state index contributed by atoms with van der Waals surface area (Å²) >= 11 is 6.51. The van der Waals surface area contributed by atoms with Crippen LogP contribution in [0.2, 0.25) is 0 Å². The van der Waals surface area contributed by atoms with Crippen molar-refractivity contribution in [2.24, 2.45) is 5.73 Å². The lowest BCUT2D eigenvalue weighted by molar-refractivity contribution is -0.123. The molecule has 0 bridgehead atoms. The van der Waals surface area contributed by atoms with Crippen molar-refractivity contribution >= 4 is 55.3 Å². The molecule has 0 aliphatic heterocycles.